The maximum absolute atomic E-state index is 13.0. The molecule has 5 nitrogen and oxygen atoms in total. The molecule has 1 amide bonds. The molecule has 1 unspecified atom stereocenters. The van der Waals surface area contributed by atoms with E-state index in [1.165, 1.54) is 24.3 Å². The maximum atomic E-state index is 13.0. The third-order valence-electron chi connectivity index (χ3n) is 3.79. The number of thiocarbonyl (C=S) groups is 1. The van der Waals surface area contributed by atoms with Crippen LogP contribution in [0.2, 0.25) is 0 Å². The van der Waals surface area contributed by atoms with Gasteiger partial charge in [-0.3, -0.25) is 15.1 Å². The van der Waals surface area contributed by atoms with Gasteiger partial charge in [-0.05, 0) is 48.1 Å². The molecule has 0 radical (unpaired) electrons. The van der Waals surface area contributed by atoms with Crippen molar-refractivity contribution in [1.29, 1.82) is 0 Å². The van der Waals surface area contributed by atoms with Crippen molar-refractivity contribution in [2.24, 2.45) is 0 Å². The van der Waals surface area contributed by atoms with Crippen molar-refractivity contribution in [3.63, 3.8) is 0 Å². The Balaban J connectivity index is 1.72. The second-order valence-electron chi connectivity index (χ2n) is 5.34. The Morgan fingerprint density at radius 1 is 1.33 bits per heavy atom. The molecule has 2 heterocycles. The molecule has 7 heteroatoms. The van der Waals surface area contributed by atoms with Gasteiger partial charge < -0.3 is 9.64 Å². The molecule has 0 spiro atoms. The predicted octanol–water partition coefficient (Wildman–Crippen LogP) is 2.31. The first-order valence-electron chi connectivity index (χ1n) is 7.50. The van der Waals surface area contributed by atoms with Crippen molar-refractivity contribution in [3.05, 3.63) is 65.7 Å². The Hall–Kier alpha value is -2.38. The molecule has 0 aliphatic carbocycles. The third-order valence-corrected chi connectivity index (χ3v) is 4.12. The number of nitrogens with zero attached hydrogens (tertiary/aromatic N) is 2. The summed E-state index contributed by atoms with van der Waals surface area (Å²) < 4.78 is 18.5. The molecule has 3 rings (SSSR count). The van der Waals surface area contributed by atoms with E-state index in [9.17, 15) is 9.18 Å². The van der Waals surface area contributed by atoms with Gasteiger partial charge in [-0.25, -0.2) is 4.39 Å². The van der Waals surface area contributed by atoms with Gasteiger partial charge in [-0.2, -0.15) is 0 Å². The molecule has 1 atom stereocenters. The van der Waals surface area contributed by atoms with E-state index in [0.29, 0.717) is 30.4 Å². The lowest BCUT2D eigenvalue weighted by Gasteiger charge is -2.37. The number of aromatic nitrogens is 1. The van der Waals surface area contributed by atoms with Gasteiger partial charge in [0.15, 0.2) is 5.11 Å². The van der Waals surface area contributed by atoms with E-state index >= 15 is 0 Å². The highest BCUT2D eigenvalue weighted by Gasteiger charge is 2.27. The van der Waals surface area contributed by atoms with Crippen LogP contribution >= 0.6 is 12.2 Å². The summed E-state index contributed by atoms with van der Waals surface area (Å²) in [6, 6.07) is 9.02. The molecule has 1 saturated heterocycles. The smallest absolute Gasteiger partial charge is 0.257 e. The van der Waals surface area contributed by atoms with Crippen LogP contribution in [0.25, 0.3) is 0 Å². The van der Waals surface area contributed by atoms with Crippen LogP contribution in [0, 0.1) is 5.82 Å². The van der Waals surface area contributed by atoms with Gasteiger partial charge in [0, 0.05) is 24.5 Å². The van der Waals surface area contributed by atoms with Crippen LogP contribution in [0.1, 0.15) is 22.0 Å². The number of carbonyl (C=O) groups excluding carboxylic acids is 1. The number of hydrogen-bond acceptors (Lipinski definition) is 4. The van der Waals surface area contributed by atoms with Crippen LogP contribution in [0.5, 0.6) is 0 Å². The SMILES string of the molecule is O=C(NC(=S)N1CCOCC1c1cccnc1)c1ccc(F)cc1. The first-order chi connectivity index (χ1) is 11.6. The molecular weight excluding hydrogens is 329 g/mol. The summed E-state index contributed by atoms with van der Waals surface area (Å²) in [5.74, 6) is -0.754. The van der Waals surface area contributed by atoms with Gasteiger partial charge in [-0.15, -0.1) is 0 Å². The summed E-state index contributed by atoms with van der Waals surface area (Å²) in [6.45, 7) is 1.57. The van der Waals surface area contributed by atoms with Crippen LogP contribution in [-0.2, 0) is 4.74 Å². The number of ether oxygens (including phenoxy) is 1. The highest BCUT2D eigenvalue weighted by atomic mass is 32.1. The van der Waals surface area contributed by atoms with E-state index < -0.39 is 0 Å². The quantitative estimate of drug-likeness (QED) is 0.847. The molecule has 1 N–H and O–H groups in total. The van der Waals surface area contributed by atoms with E-state index in [4.69, 9.17) is 17.0 Å². The Labute approximate surface area is 144 Å². The first-order valence-corrected chi connectivity index (χ1v) is 7.91. The molecule has 124 valence electrons. The predicted molar refractivity (Wildman–Crippen MR) is 91.0 cm³/mol. The fourth-order valence-electron chi connectivity index (χ4n) is 2.54. The number of hydrogen-bond donors (Lipinski definition) is 1. The fourth-order valence-corrected chi connectivity index (χ4v) is 2.85. The lowest BCUT2D eigenvalue weighted by molar-refractivity contribution is 0.0252. The van der Waals surface area contributed by atoms with Crippen molar-refractivity contribution in [3.8, 4) is 0 Å². The number of morpholine rings is 1. The molecule has 1 aromatic carbocycles. The molecule has 0 saturated carbocycles. The second kappa shape index (κ2) is 7.46. The summed E-state index contributed by atoms with van der Waals surface area (Å²) in [5.41, 5.74) is 1.32. The van der Waals surface area contributed by atoms with E-state index in [-0.39, 0.29) is 17.8 Å². The van der Waals surface area contributed by atoms with Crippen molar-refractivity contribution >= 4 is 23.2 Å². The number of halogens is 1. The average Bonchev–Trinajstić information content (AvgIpc) is 2.63. The van der Waals surface area contributed by atoms with Crippen molar-refractivity contribution in [2.45, 2.75) is 6.04 Å². The minimum atomic E-state index is -0.390. The molecule has 0 bridgehead atoms. The number of benzene rings is 1. The summed E-state index contributed by atoms with van der Waals surface area (Å²) in [5, 5.41) is 3.03. The van der Waals surface area contributed by atoms with Gasteiger partial charge >= 0.3 is 0 Å². The van der Waals surface area contributed by atoms with Gasteiger partial charge in [-0.1, -0.05) is 6.07 Å². The number of rotatable bonds is 2. The van der Waals surface area contributed by atoms with E-state index in [1.54, 1.807) is 12.4 Å². The second-order valence-corrected chi connectivity index (χ2v) is 5.72. The van der Waals surface area contributed by atoms with Crippen LogP contribution in [0.4, 0.5) is 4.39 Å². The van der Waals surface area contributed by atoms with E-state index in [1.807, 2.05) is 17.0 Å². The number of amides is 1. The van der Waals surface area contributed by atoms with Crippen LogP contribution in [0.15, 0.2) is 48.8 Å². The molecular formula is C17H16FN3O2S. The molecule has 2 aromatic rings. The zero-order chi connectivity index (χ0) is 16.9. The lowest BCUT2D eigenvalue weighted by Crippen LogP contribution is -2.49. The molecule has 1 fully saturated rings. The summed E-state index contributed by atoms with van der Waals surface area (Å²) >= 11 is 5.40. The molecule has 24 heavy (non-hydrogen) atoms. The first kappa shape index (κ1) is 16.5. The number of pyridine rings is 1. The number of carbonyl (C=O) groups is 1. The Morgan fingerprint density at radius 3 is 2.83 bits per heavy atom. The lowest BCUT2D eigenvalue weighted by atomic mass is 10.1. The summed E-state index contributed by atoms with van der Waals surface area (Å²) in [7, 11) is 0. The zero-order valence-corrected chi connectivity index (χ0v) is 13.6. The van der Waals surface area contributed by atoms with Gasteiger partial charge in [0.25, 0.3) is 5.91 Å². The van der Waals surface area contributed by atoms with Crippen molar-refractivity contribution in [1.82, 2.24) is 15.2 Å². The maximum Gasteiger partial charge on any atom is 0.257 e. The number of nitrogens with one attached hydrogen (secondary N) is 1. The minimum Gasteiger partial charge on any atom is -0.377 e. The molecule has 1 aliphatic rings. The van der Waals surface area contributed by atoms with Gasteiger partial charge in [0.1, 0.15) is 5.82 Å². The minimum absolute atomic E-state index is 0.103. The van der Waals surface area contributed by atoms with E-state index in [2.05, 4.69) is 10.3 Å². The normalized spacial score (nSPS) is 17.4. The Morgan fingerprint density at radius 2 is 2.12 bits per heavy atom. The Bertz CT molecular complexity index is 724. The topological polar surface area (TPSA) is 54.5 Å². The average molecular weight is 345 g/mol. The molecule has 1 aliphatic heterocycles. The van der Waals surface area contributed by atoms with Crippen LogP contribution in [-0.4, -0.2) is 40.7 Å². The third kappa shape index (κ3) is 3.74. The van der Waals surface area contributed by atoms with Gasteiger partial charge in [0.2, 0.25) is 0 Å². The van der Waals surface area contributed by atoms with Crippen molar-refractivity contribution < 1.29 is 13.9 Å². The Kier molecular flexibility index (Phi) is 5.12. The highest BCUT2D eigenvalue weighted by molar-refractivity contribution is 7.80. The zero-order valence-electron chi connectivity index (χ0n) is 12.8. The fraction of sp³-hybridized carbons (Fsp3) is 0.235. The van der Waals surface area contributed by atoms with Gasteiger partial charge in [0.05, 0.1) is 19.3 Å². The van der Waals surface area contributed by atoms with E-state index in [0.717, 1.165) is 5.56 Å². The van der Waals surface area contributed by atoms with Crippen molar-refractivity contribution in [2.75, 3.05) is 19.8 Å². The van der Waals surface area contributed by atoms with Crippen LogP contribution in [0.3, 0.4) is 0 Å². The highest BCUT2D eigenvalue weighted by Crippen LogP contribution is 2.23. The summed E-state index contributed by atoms with van der Waals surface area (Å²) in [4.78, 5) is 18.3. The summed E-state index contributed by atoms with van der Waals surface area (Å²) in [6.07, 6.45) is 3.46. The largest absolute Gasteiger partial charge is 0.377 e. The van der Waals surface area contributed by atoms with Crippen LogP contribution < -0.4 is 5.32 Å². The molecule has 1 aromatic heterocycles. The monoisotopic (exact) mass is 345 g/mol. The standard InChI is InChI=1S/C17H16FN3O2S/c18-14-5-3-12(4-6-14)16(22)20-17(24)21-8-9-23-11-15(21)13-2-1-7-19-10-13/h1-7,10,15H,8-9,11H2,(H,20,22,24).